The van der Waals surface area contributed by atoms with Crippen LogP contribution in [0, 0.1) is 35.6 Å². The molecular formula is HAsLaO5-. The molecule has 0 amide bonds. The van der Waals surface area contributed by atoms with Crippen LogP contribution in [0.2, 0.25) is 0 Å². The van der Waals surface area contributed by atoms with Gasteiger partial charge in [-0.3, -0.25) is 0 Å². The van der Waals surface area contributed by atoms with Crippen molar-refractivity contribution in [2.24, 2.45) is 0 Å². The molecule has 0 fully saturated rings. The van der Waals surface area contributed by atoms with Crippen molar-refractivity contribution in [2.75, 3.05) is 0 Å². The predicted octanol–water partition coefficient (Wildman–Crippen LogP) is -4.24. The maximum Gasteiger partial charge on any atom is 3.00 e. The van der Waals surface area contributed by atoms with Gasteiger partial charge in [0.05, 0.1) is 0 Å². The minimum absolute atomic E-state index is 0. The van der Waals surface area contributed by atoms with Crippen LogP contribution in [0.4, 0.5) is 0 Å². The van der Waals surface area contributed by atoms with Crippen molar-refractivity contribution < 1.29 is 57.1 Å². The smallest absolute Gasteiger partial charge is 0.870 e. The van der Waals surface area contributed by atoms with Crippen LogP contribution in [0.25, 0.3) is 0 Å². The summed E-state index contributed by atoms with van der Waals surface area (Å²) in [5.74, 6) is 0. The van der Waals surface area contributed by atoms with Crippen LogP contribution in [0.15, 0.2) is 0 Å². The zero-order valence-corrected chi connectivity index (χ0v) is 8.61. The van der Waals surface area contributed by atoms with E-state index in [1.807, 2.05) is 0 Å². The Morgan fingerprint density at radius 2 is 1.14 bits per heavy atom. The van der Waals surface area contributed by atoms with E-state index >= 15 is 0 Å². The van der Waals surface area contributed by atoms with E-state index in [9.17, 15) is 0 Å². The summed E-state index contributed by atoms with van der Waals surface area (Å²) in [5.41, 5.74) is 0. The fourth-order valence-electron chi connectivity index (χ4n) is 0. The third kappa shape index (κ3) is 111. The summed E-state index contributed by atoms with van der Waals surface area (Å²) in [6.07, 6.45) is 0. The van der Waals surface area contributed by atoms with Gasteiger partial charge in [-0.25, -0.2) is 0 Å². The van der Waals surface area contributed by atoms with Crippen LogP contribution in [-0.2, 0) is 3.74 Å². The van der Waals surface area contributed by atoms with Crippen LogP contribution in [-0.4, -0.2) is 20.0 Å². The van der Waals surface area contributed by atoms with Crippen LogP contribution in [0.3, 0.4) is 0 Å². The molecule has 0 aromatic rings. The summed E-state index contributed by atoms with van der Waals surface area (Å²) in [5, 5.41) is 0. The first-order chi connectivity index (χ1) is 2.00. The van der Waals surface area contributed by atoms with E-state index in [4.69, 9.17) is 16.0 Å². The summed E-state index contributed by atoms with van der Waals surface area (Å²) in [6, 6.07) is 0. The Bertz CT molecular complexity index is 54.2. The van der Waals surface area contributed by atoms with Crippen molar-refractivity contribution >= 4 is 14.5 Å². The third-order valence-corrected chi connectivity index (χ3v) is 0. The van der Waals surface area contributed by atoms with Gasteiger partial charge >= 0.3 is 66.1 Å². The first kappa shape index (κ1) is 15.8. The van der Waals surface area contributed by atoms with Crippen molar-refractivity contribution in [1.82, 2.24) is 0 Å². The van der Waals surface area contributed by atoms with E-state index in [-0.39, 0.29) is 41.1 Å². The fourth-order valence-corrected chi connectivity index (χ4v) is 0. The molecule has 0 unspecified atom stereocenters. The van der Waals surface area contributed by atoms with E-state index in [1.165, 1.54) is 0 Å². The molecular weight excluding hydrogens is 294 g/mol. The summed E-state index contributed by atoms with van der Waals surface area (Å²) in [6.45, 7) is 0. The Morgan fingerprint density at radius 1 is 1.14 bits per heavy atom. The standard InChI is InChI=1S/AsH3O4.La.H2O/c2-1(3,4)5;;/h(H3,2,3,4,5);;1H2/q;+3;/p-4. The van der Waals surface area contributed by atoms with Gasteiger partial charge in [0.2, 0.25) is 0 Å². The summed E-state index contributed by atoms with van der Waals surface area (Å²) in [4.78, 5) is 0. The van der Waals surface area contributed by atoms with Gasteiger partial charge in [0.1, 0.15) is 0 Å². The maximum atomic E-state index is 8.61. The van der Waals surface area contributed by atoms with Crippen molar-refractivity contribution in [1.29, 1.82) is 0 Å². The van der Waals surface area contributed by atoms with Gasteiger partial charge in [0.25, 0.3) is 0 Å². The van der Waals surface area contributed by atoms with Gasteiger partial charge in [0.15, 0.2) is 0 Å². The number of hydrogen-bond donors (Lipinski definition) is 0. The van der Waals surface area contributed by atoms with Gasteiger partial charge < -0.3 is 5.48 Å². The Labute approximate surface area is 71.0 Å². The molecule has 0 radical (unpaired) electrons. The van der Waals surface area contributed by atoms with Crippen molar-refractivity contribution in [2.45, 2.75) is 0 Å². The van der Waals surface area contributed by atoms with Crippen LogP contribution in [0.5, 0.6) is 0 Å². The molecule has 0 bridgehead atoms. The van der Waals surface area contributed by atoms with Crippen molar-refractivity contribution in [3.05, 3.63) is 0 Å². The second-order valence-corrected chi connectivity index (χ2v) is 2.32. The zero-order chi connectivity index (χ0) is 4.50. The molecule has 0 aliphatic heterocycles. The minimum atomic E-state index is -5.88. The third-order valence-electron chi connectivity index (χ3n) is 0. The van der Waals surface area contributed by atoms with Crippen molar-refractivity contribution in [3.63, 3.8) is 0 Å². The molecule has 1 N–H and O–H groups in total. The summed E-state index contributed by atoms with van der Waals surface area (Å²) in [7, 11) is 0. The molecule has 7 heteroatoms. The molecule has 0 saturated carbocycles. The van der Waals surface area contributed by atoms with E-state index in [0.717, 1.165) is 0 Å². The second kappa shape index (κ2) is 5.53. The minimum Gasteiger partial charge on any atom is -0.870 e. The second-order valence-electron chi connectivity index (χ2n) is 0.447. The predicted molar refractivity (Wildman–Crippen MR) is 8.38 cm³/mol. The van der Waals surface area contributed by atoms with Gasteiger partial charge in [-0.15, -0.1) is 0 Å². The first-order valence-corrected chi connectivity index (χ1v) is 3.79. The molecule has 0 aromatic heterocycles. The fraction of sp³-hybridized carbons (Fsp3) is 0. The molecule has 40 valence electrons. The molecule has 0 aliphatic rings. The van der Waals surface area contributed by atoms with Gasteiger partial charge in [0, 0.05) is 0 Å². The zero-order valence-electron chi connectivity index (χ0n) is 3.10. The molecule has 0 saturated heterocycles. The Morgan fingerprint density at radius 3 is 1.14 bits per heavy atom. The monoisotopic (exact) mass is 295 g/mol. The van der Waals surface area contributed by atoms with E-state index in [2.05, 4.69) is 0 Å². The largest absolute Gasteiger partial charge is 3.00 e. The molecule has 0 aromatic carbocycles. The summed E-state index contributed by atoms with van der Waals surface area (Å²) < 4.78 is 34.4. The van der Waals surface area contributed by atoms with E-state index in [1.54, 1.807) is 0 Å². The Hall–Kier alpha value is 1.39. The average Bonchev–Trinajstić information content (AvgIpc) is 0.722. The van der Waals surface area contributed by atoms with E-state index < -0.39 is 14.5 Å². The van der Waals surface area contributed by atoms with Gasteiger partial charge in [-0.05, 0) is 0 Å². The Balaban J connectivity index is -0.0000000800. The topological polar surface area (TPSA) is 116 Å². The average molecular weight is 295 g/mol. The molecule has 0 heterocycles. The van der Waals surface area contributed by atoms with Gasteiger partial charge in [-0.2, -0.15) is 0 Å². The van der Waals surface area contributed by atoms with Crippen LogP contribution in [0.1, 0.15) is 0 Å². The van der Waals surface area contributed by atoms with E-state index in [0.29, 0.717) is 0 Å². The van der Waals surface area contributed by atoms with Crippen LogP contribution >= 0.6 is 0 Å². The summed E-state index contributed by atoms with van der Waals surface area (Å²) >= 11 is -5.88. The number of rotatable bonds is 0. The molecule has 7 heavy (non-hydrogen) atoms. The molecule has 0 spiro atoms. The molecule has 5 nitrogen and oxygen atoms in total. The quantitative estimate of drug-likeness (QED) is 0.420. The molecule has 0 rings (SSSR count). The van der Waals surface area contributed by atoms with Gasteiger partial charge in [-0.1, -0.05) is 0 Å². The van der Waals surface area contributed by atoms with Crippen molar-refractivity contribution in [3.8, 4) is 0 Å². The SMILES string of the molecule is O=[As]([O-])([O-])[O-].[La+3].[OH-]. The Kier molecular flexibility index (Phi) is 12.5. The molecule has 0 aliphatic carbocycles. The molecule has 0 atom stereocenters. The number of hydrogen-bond acceptors (Lipinski definition) is 5. The normalized spacial score (nSPS) is 8.43. The first-order valence-electron chi connectivity index (χ1n) is 0.730. The maximum absolute atomic E-state index is 8.61. The van der Waals surface area contributed by atoms with Crippen LogP contribution < -0.4 is 12.3 Å².